The molecule has 2 saturated heterocycles. The first-order valence-electron chi connectivity index (χ1n) is 17.0. The standard InChI is InChI=1S/C35H46FN9O2/c1-22-19-28(32(36)33(38-22)29-21-37-42(4)23(29)2)34(47)40-35-39-30-20-26(7-10-31(30)45(35)25-5-8-27(46)9-6-25)43-13-11-24(12-14-43)44-17-15-41(3)16-18-44/h7,10,19-21,24-25,27,46H,5-6,8-9,11-18H2,1-4H3,(H,39,40,47)/t25-,27+. The van der Waals surface area contributed by atoms with Gasteiger partial charge in [0.1, 0.15) is 5.69 Å². The van der Waals surface area contributed by atoms with Crippen molar-refractivity contribution in [1.29, 1.82) is 0 Å². The van der Waals surface area contributed by atoms with E-state index in [1.54, 1.807) is 24.9 Å². The van der Waals surface area contributed by atoms with Crippen molar-refractivity contribution < 1.29 is 14.3 Å². The van der Waals surface area contributed by atoms with Crippen molar-refractivity contribution in [3.05, 3.63) is 53.2 Å². The molecule has 0 unspecified atom stereocenters. The van der Waals surface area contributed by atoms with E-state index < -0.39 is 11.7 Å². The van der Waals surface area contributed by atoms with Crippen LogP contribution >= 0.6 is 0 Å². The number of hydrogen-bond donors (Lipinski definition) is 2. The fraction of sp³-hybridized carbons (Fsp3) is 0.543. The number of nitrogens with zero attached hydrogens (tertiary/aromatic N) is 8. The van der Waals surface area contributed by atoms with Crippen LogP contribution in [0.2, 0.25) is 0 Å². The van der Waals surface area contributed by atoms with Crippen LogP contribution in [0.1, 0.15) is 66.3 Å². The van der Waals surface area contributed by atoms with E-state index in [4.69, 9.17) is 4.98 Å². The van der Waals surface area contributed by atoms with Crippen LogP contribution in [0.15, 0.2) is 30.5 Å². The summed E-state index contributed by atoms with van der Waals surface area (Å²) in [6.45, 7) is 10.1. The first-order chi connectivity index (χ1) is 22.7. The summed E-state index contributed by atoms with van der Waals surface area (Å²) in [5.41, 5.74) is 4.71. The van der Waals surface area contributed by atoms with Gasteiger partial charge in [0, 0.05) is 81.0 Å². The molecule has 12 heteroatoms. The third-order valence-electron chi connectivity index (χ3n) is 10.6. The van der Waals surface area contributed by atoms with Gasteiger partial charge in [-0.05, 0) is 83.7 Å². The predicted molar refractivity (Wildman–Crippen MR) is 181 cm³/mol. The molecule has 4 aromatic rings. The van der Waals surface area contributed by atoms with Gasteiger partial charge < -0.3 is 19.5 Å². The monoisotopic (exact) mass is 643 g/mol. The van der Waals surface area contributed by atoms with Gasteiger partial charge in [-0.1, -0.05) is 0 Å². The zero-order valence-electron chi connectivity index (χ0n) is 27.9. The summed E-state index contributed by atoms with van der Waals surface area (Å²) in [7, 11) is 3.99. The molecule has 0 bridgehead atoms. The highest BCUT2D eigenvalue weighted by molar-refractivity contribution is 6.05. The number of hydrogen-bond acceptors (Lipinski definition) is 8. The van der Waals surface area contributed by atoms with Crippen molar-refractivity contribution in [2.75, 3.05) is 56.5 Å². The number of pyridine rings is 1. The summed E-state index contributed by atoms with van der Waals surface area (Å²) in [6, 6.07) is 8.55. The van der Waals surface area contributed by atoms with Crippen molar-refractivity contribution in [3.8, 4) is 11.3 Å². The minimum Gasteiger partial charge on any atom is -0.393 e. The third kappa shape index (κ3) is 6.26. The zero-order valence-corrected chi connectivity index (χ0v) is 27.9. The molecule has 5 heterocycles. The molecule has 1 amide bonds. The molecule has 2 N–H and O–H groups in total. The summed E-state index contributed by atoms with van der Waals surface area (Å²) in [4.78, 5) is 30.7. The lowest BCUT2D eigenvalue weighted by atomic mass is 9.93. The average Bonchev–Trinajstić information content (AvgIpc) is 3.60. The highest BCUT2D eigenvalue weighted by atomic mass is 19.1. The Morgan fingerprint density at radius 2 is 1.64 bits per heavy atom. The quantitative estimate of drug-likeness (QED) is 0.316. The Kier molecular flexibility index (Phi) is 8.75. The molecule has 7 rings (SSSR count). The van der Waals surface area contributed by atoms with Gasteiger partial charge in [-0.2, -0.15) is 5.10 Å². The number of anilines is 2. The summed E-state index contributed by atoms with van der Waals surface area (Å²) in [5.74, 6) is -0.866. The average molecular weight is 644 g/mol. The molecule has 0 spiro atoms. The van der Waals surface area contributed by atoms with Crippen LogP contribution in [0.4, 0.5) is 16.0 Å². The lowest BCUT2D eigenvalue weighted by Gasteiger charge is -2.42. The molecule has 47 heavy (non-hydrogen) atoms. The van der Waals surface area contributed by atoms with E-state index in [1.165, 1.54) is 6.07 Å². The molecule has 0 radical (unpaired) electrons. The normalized spacial score (nSPS) is 21.9. The smallest absolute Gasteiger partial charge is 0.261 e. The summed E-state index contributed by atoms with van der Waals surface area (Å²) >= 11 is 0. The fourth-order valence-electron chi connectivity index (χ4n) is 7.64. The first-order valence-corrected chi connectivity index (χ1v) is 17.0. The largest absolute Gasteiger partial charge is 0.393 e. The van der Waals surface area contributed by atoms with Gasteiger partial charge in [0.25, 0.3) is 5.91 Å². The number of aliphatic hydroxyl groups is 1. The second-order valence-electron chi connectivity index (χ2n) is 13.7. The van der Waals surface area contributed by atoms with Crippen molar-refractivity contribution >= 4 is 28.6 Å². The summed E-state index contributed by atoms with van der Waals surface area (Å²) in [6.07, 6.45) is 6.44. The van der Waals surface area contributed by atoms with E-state index >= 15 is 4.39 Å². The number of nitrogens with one attached hydrogen (secondary N) is 1. The lowest BCUT2D eigenvalue weighted by molar-refractivity contribution is 0.0982. The highest BCUT2D eigenvalue weighted by Gasteiger charge is 2.30. The second kappa shape index (κ2) is 13.0. The van der Waals surface area contributed by atoms with E-state index in [0.29, 0.717) is 36.1 Å². The zero-order chi connectivity index (χ0) is 32.8. The van der Waals surface area contributed by atoms with Crippen molar-refractivity contribution in [1.82, 2.24) is 34.1 Å². The second-order valence-corrected chi connectivity index (χ2v) is 13.7. The maximum atomic E-state index is 16.0. The predicted octanol–water partition coefficient (Wildman–Crippen LogP) is 4.53. The molecule has 2 aliphatic heterocycles. The fourth-order valence-corrected chi connectivity index (χ4v) is 7.64. The van der Waals surface area contributed by atoms with Gasteiger partial charge in [-0.3, -0.25) is 19.7 Å². The number of aryl methyl sites for hydroxylation is 2. The Balaban J connectivity index is 1.17. The van der Waals surface area contributed by atoms with Gasteiger partial charge in [-0.25, -0.2) is 14.4 Å². The van der Waals surface area contributed by atoms with Crippen molar-refractivity contribution in [2.24, 2.45) is 7.05 Å². The Bertz CT molecular complexity index is 1760. The Labute approximate surface area is 275 Å². The summed E-state index contributed by atoms with van der Waals surface area (Å²) < 4.78 is 19.7. The number of piperazine rings is 1. The molecular formula is C35H46FN9O2. The van der Waals surface area contributed by atoms with Crippen LogP contribution in [0.3, 0.4) is 0 Å². The van der Waals surface area contributed by atoms with Gasteiger partial charge in [0.2, 0.25) is 5.95 Å². The van der Waals surface area contributed by atoms with Gasteiger partial charge in [-0.15, -0.1) is 0 Å². The van der Waals surface area contributed by atoms with E-state index in [2.05, 4.69) is 59.9 Å². The Hall–Kier alpha value is -3.87. The molecule has 1 aliphatic carbocycles. The molecule has 250 valence electrons. The number of aliphatic hydroxyl groups excluding tert-OH is 1. The minimum absolute atomic E-state index is 0.0570. The topological polar surface area (TPSA) is 108 Å². The van der Waals surface area contributed by atoms with Crippen LogP contribution in [-0.2, 0) is 7.05 Å². The number of likely N-dealkylation sites (N-methyl/N-ethyl adjacent to an activating group) is 1. The molecule has 3 aromatic heterocycles. The summed E-state index contributed by atoms with van der Waals surface area (Å²) in [5, 5.41) is 17.4. The number of carbonyl (C=O) groups is 1. The van der Waals surface area contributed by atoms with E-state index in [-0.39, 0.29) is 23.4 Å². The van der Waals surface area contributed by atoms with E-state index in [0.717, 1.165) is 87.4 Å². The van der Waals surface area contributed by atoms with Gasteiger partial charge in [0.05, 0.1) is 28.9 Å². The number of benzene rings is 1. The highest BCUT2D eigenvalue weighted by Crippen LogP contribution is 2.37. The SMILES string of the molecule is Cc1cc(C(=O)Nc2nc3cc(N4CCC(N5CCN(C)CC5)CC4)ccc3n2[C@H]2CC[C@@H](O)CC2)c(F)c(-c2cnn(C)c2C)n1. The number of rotatable bonds is 6. The van der Waals surface area contributed by atoms with Gasteiger partial charge >= 0.3 is 0 Å². The third-order valence-corrected chi connectivity index (χ3v) is 10.6. The molecule has 0 atom stereocenters. The van der Waals surface area contributed by atoms with E-state index in [9.17, 15) is 9.90 Å². The van der Waals surface area contributed by atoms with Crippen LogP contribution in [0.5, 0.6) is 0 Å². The molecular weight excluding hydrogens is 597 g/mol. The van der Waals surface area contributed by atoms with Crippen molar-refractivity contribution in [2.45, 2.75) is 70.6 Å². The molecule has 1 saturated carbocycles. The number of carbonyl (C=O) groups excluding carboxylic acids is 1. The minimum atomic E-state index is -0.685. The maximum Gasteiger partial charge on any atom is 0.261 e. The van der Waals surface area contributed by atoms with E-state index in [1.807, 2.05) is 6.92 Å². The molecule has 3 fully saturated rings. The number of piperidine rings is 1. The number of fused-ring (bicyclic) bond motifs is 1. The van der Waals surface area contributed by atoms with Gasteiger partial charge in [0.15, 0.2) is 5.82 Å². The van der Waals surface area contributed by atoms with Crippen molar-refractivity contribution in [3.63, 3.8) is 0 Å². The van der Waals surface area contributed by atoms with Crippen LogP contribution in [0.25, 0.3) is 22.3 Å². The molecule has 11 nitrogen and oxygen atoms in total. The first kappa shape index (κ1) is 31.7. The van der Waals surface area contributed by atoms with Crippen LogP contribution in [0, 0.1) is 19.7 Å². The lowest BCUT2D eigenvalue weighted by Crippen LogP contribution is -2.52. The van der Waals surface area contributed by atoms with Crippen LogP contribution < -0.4 is 10.2 Å². The number of amides is 1. The Morgan fingerprint density at radius 1 is 0.915 bits per heavy atom. The Morgan fingerprint density at radius 3 is 2.32 bits per heavy atom. The molecule has 3 aliphatic rings. The van der Waals surface area contributed by atoms with Crippen LogP contribution in [-0.4, -0.2) is 104 Å². The maximum absolute atomic E-state index is 16.0. The molecule has 1 aromatic carbocycles. The number of aromatic nitrogens is 5. The number of imidazole rings is 1. The number of halogens is 1.